The van der Waals surface area contributed by atoms with Crippen molar-refractivity contribution in [2.75, 3.05) is 4.90 Å². The Balaban J connectivity index is 1.37. The molecule has 0 radical (unpaired) electrons. The Bertz CT molecular complexity index is 1550. The molecule has 2 aliphatic rings. The van der Waals surface area contributed by atoms with Gasteiger partial charge in [-0.05, 0) is 74.8 Å². The lowest BCUT2D eigenvalue weighted by Crippen LogP contribution is -2.54. The van der Waals surface area contributed by atoms with E-state index in [1.54, 1.807) is 30.6 Å². The molecule has 0 aromatic heterocycles. The molecule has 0 spiro atoms. The number of aryl methyl sites for hydroxylation is 1. The number of amides is 3. The second-order valence-corrected chi connectivity index (χ2v) is 12.9. The van der Waals surface area contributed by atoms with Crippen LogP contribution in [0.4, 0.5) is 10.5 Å². The fourth-order valence-corrected chi connectivity index (χ4v) is 6.29. The number of nitrogens with one attached hydrogen (secondary N) is 1. The lowest BCUT2D eigenvalue weighted by molar-refractivity contribution is -0.144. The molecular formula is C36H41N3O6. The zero-order valence-corrected chi connectivity index (χ0v) is 26.1. The normalized spacial score (nSPS) is 18.0. The predicted molar refractivity (Wildman–Crippen MR) is 171 cm³/mol. The molecule has 0 saturated carbocycles. The summed E-state index contributed by atoms with van der Waals surface area (Å²) in [5, 5.41) is 12.7. The zero-order valence-electron chi connectivity index (χ0n) is 26.1. The van der Waals surface area contributed by atoms with Crippen molar-refractivity contribution in [1.29, 1.82) is 0 Å². The van der Waals surface area contributed by atoms with Crippen LogP contribution in [0.2, 0.25) is 0 Å². The van der Waals surface area contributed by atoms with Crippen molar-refractivity contribution in [3.8, 4) is 0 Å². The highest BCUT2D eigenvalue weighted by molar-refractivity contribution is 5.94. The SMILES string of the molecule is CC(C)(C)OC(=O)N1c2ccccc2C[C@@H]1CC(=O)N[C@@H](CCc1ccccc1)C(=O)N1Cc2ccccc2C[C@@H]1CC(=O)O. The van der Waals surface area contributed by atoms with Crippen molar-refractivity contribution in [2.45, 2.75) is 89.6 Å². The third kappa shape index (κ3) is 7.90. The molecule has 2 heterocycles. The number of carboxylic acid groups (broad SMARTS) is 1. The summed E-state index contributed by atoms with van der Waals surface area (Å²) < 4.78 is 5.70. The van der Waals surface area contributed by atoms with Crippen LogP contribution in [-0.4, -0.2) is 57.6 Å². The number of carbonyl (C=O) groups excluding carboxylic acids is 3. The quantitative estimate of drug-likeness (QED) is 0.340. The molecule has 3 atom stereocenters. The van der Waals surface area contributed by atoms with Gasteiger partial charge in [0.15, 0.2) is 0 Å². The van der Waals surface area contributed by atoms with Gasteiger partial charge in [-0.3, -0.25) is 19.3 Å². The van der Waals surface area contributed by atoms with Gasteiger partial charge in [-0.25, -0.2) is 4.79 Å². The van der Waals surface area contributed by atoms with Gasteiger partial charge >= 0.3 is 12.1 Å². The van der Waals surface area contributed by atoms with Gasteiger partial charge in [-0.2, -0.15) is 0 Å². The number of para-hydroxylation sites is 1. The topological polar surface area (TPSA) is 116 Å². The summed E-state index contributed by atoms with van der Waals surface area (Å²) in [6, 6.07) is 23.1. The number of fused-ring (bicyclic) bond motifs is 2. The smallest absolute Gasteiger partial charge is 0.415 e. The van der Waals surface area contributed by atoms with Crippen LogP contribution in [0.15, 0.2) is 78.9 Å². The monoisotopic (exact) mass is 611 g/mol. The molecule has 2 N–H and O–H groups in total. The average molecular weight is 612 g/mol. The van der Waals surface area contributed by atoms with Crippen LogP contribution < -0.4 is 10.2 Å². The molecule has 3 aromatic carbocycles. The number of ether oxygens (including phenoxy) is 1. The molecule has 3 aromatic rings. The largest absolute Gasteiger partial charge is 0.481 e. The first kappa shape index (κ1) is 31.8. The van der Waals surface area contributed by atoms with E-state index >= 15 is 0 Å². The van der Waals surface area contributed by atoms with Gasteiger partial charge in [0.05, 0.1) is 18.2 Å². The first-order valence-corrected chi connectivity index (χ1v) is 15.5. The fraction of sp³-hybridized carbons (Fsp3) is 0.389. The Kier molecular flexibility index (Phi) is 9.56. The summed E-state index contributed by atoms with van der Waals surface area (Å²) in [7, 11) is 0. The van der Waals surface area contributed by atoms with Gasteiger partial charge in [0, 0.05) is 19.0 Å². The molecule has 2 aliphatic heterocycles. The maximum atomic E-state index is 14.2. The maximum Gasteiger partial charge on any atom is 0.415 e. The Hall–Kier alpha value is -4.66. The Morgan fingerprint density at radius 3 is 2.16 bits per heavy atom. The molecule has 9 heteroatoms. The third-order valence-electron chi connectivity index (χ3n) is 8.33. The van der Waals surface area contributed by atoms with Gasteiger partial charge in [-0.1, -0.05) is 72.8 Å². The maximum absolute atomic E-state index is 14.2. The van der Waals surface area contributed by atoms with Crippen LogP contribution in [0.5, 0.6) is 0 Å². The highest BCUT2D eigenvalue weighted by Crippen LogP contribution is 2.35. The number of hydrogen-bond donors (Lipinski definition) is 2. The number of benzene rings is 3. The second-order valence-electron chi connectivity index (χ2n) is 12.9. The van der Waals surface area contributed by atoms with E-state index < -0.39 is 35.8 Å². The lowest BCUT2D eigenvalue weighted by Gasteiger charge is -2.38. The van der Waals surface area contributed by atoms with E-state index in [0.29, 0.717) is 31.4 Å². The fourth-order valence-electron chi connectivity index (χ4n) is 6.29. The van der Waals surface area contributed by atoms with E-state index in [-0.39, 0.29) is 31.2 Å². The van der Waals surface area contributed by atoms with Crippen LogP contribution in [0.1, 0.15) is 62.3 Å². The average Bonchev–Trinajstić information content (AvgIpc) is 3.35. The van der Waals surface area contributed by atoms with Crippen LogP contribution in [-0.2, 0) is 44.9 Å². The summed E-state index contributed by atoms with van der Waals surface area (Å²) >= 11 is 0. The first-order chi connectivity index (χ1) is 21.5. The van der Waals surface area contributed by atoms with Crippen LogP contribution in [0.3, 0.4) is 0 Å². The first-order valence-electron chi connectivity index (χ1n) is 15.5. The minimum atomic E-state index is -0.981. The Morgan fingerprint density at radius 2 is 1.47 bits per heavy atom. The lowest BCUT2D eigenvalue weighted by atomic mass is 9.91. The number of carbonyl (C=O) groups is 4. The van der Waals surface area contributed by atoms with Gasteiger partial charge in [0.25, 0.3) is 0 Å². The molecule has 9 nitrogen and oxygen atoms in total. The van der Waals surface area contributed by atoms with Gasteiger partial charge < -0.3 is 20.1 Å². The molecule has 0 fully saturated rings. The van der Waals surface area contributed by atoms with Gasteiger partial charge in [0.2, 0.25) is 11.8 Å². The van der Waals surface area contributed by atoms with Crippen LogP contribution >= 0.6 is 0 Å². The minimum absolute atomic E-state index is 0.0234. The number of rotatable bonds is 9. The molecule has 3 amide bonds. The van der Waals surface area contributed by atoms with Gasteiger partial charge in [0.1, 0.15) is 11.6 Å². The molecule has 0 saturated heterocycles. The van der Waals surface area contributed by atoms with E-state index in [9.17, 15) is 24.3 Å². The highest BCUT2D eigenvalue weighted by Gasteiger charge is 2.39. The molecule has 5 rings (SSSR count). The molecule has 236 valence electrons. The predicted octanol–water partition coefficient (Wildman–Crippen LogP) is 5.29. The summed E-state index contributed by atoms with van der Waals surface area (Å²) in [4.78, 5) is 56.2. The zero-order chi connectivity index (χ0) is 32.1. The Morgan fingerprint density at radius 1 is 0.844 bits per heavy atom. The summed E-state index contributed by atoms with van der Waals surface area (Å²) in [6.07, 6.45) is 1.06. The van der Waals surface area contributed by atoms with E-state index in [1.807, 2.05) is 78.9 Å². The van der Waals surface area contributed by atoms with E-state index in [2.05, 4.69) is 5.32 Å². The summed E-state index contributed by atoms with van der Waals surface area (Å²) in [5.74, 6) is -1.65. The number of carboxylic acids is 1. The van der Waals surface area contributed by atoms with Gasteiger partial charge in [-0.15, -0.1) is 0 Å². The molecule has 45 heavy (non-hydrogen) atoms. The standard InChI is InChI=1S/C36H41N3O6/c1-36(2,3)45-35(44)39-29(20-26-14-9-10-16-31(26)39)21-32(40)37-30(18-17-24-11-5-4-6-12-24)34(43)38-23-27-15-8-7-13-25(27)19-28(38)22-33(41)42/h4-16,28-30H,17-23H2,1-3H3,(H,37,40)(H,41,42)/t28-,29-,30+/m1/s1. The number of nitrogens with zero attached hydrogens (tertiary/aromatic N) is 2. The number of anilines is 1. The van der Waals surface area contributed by atoms with E-state index in [0.717, 1.165) is 22.3 Å². The van der Waals surface area contributed by atoms with Crippen molar-refractivity contribution in [3.63, 3.8) is 0 Å². The highest BCUT2D eigenvalue weighted by atomic mass is 16.6. The van der Waals surface area contributed by atoms with Crippen LogP contribution in [0.25, 0.3) is 0 Å². The minimum Gasteiger partial charge on any atom is -0.481 e. The molecule has 0 aliphatic carbocycles. The summed E-state index contributed by atoms with van der Waals surface area (Å²) in [6.45, 7) is 5.67. The van der Waals surface area contributed by atoms with E-state index in [1.165, 1.54) is 0 Å². The Labute approximate surface area is 264 Å². The number of aliphatic carboxylic acids is 1. The van der Waals surface area contributed by atoms with Crippen molar-refractivity contribution in [3.05, 3.63) is 101 Å². The van der Waals surface area contributed by atoms with Crippen LogP contribution in [0, 0.1) is 0 Å². The third-order valence-corrected chi connectivity index (χ3v) is 8.33. The van der Waals surface area contributed by atoms with Crippen molar-refractivity contribution < 1.29 is 29.0 Å². The van der Waals surface area contributed by atoms with E-state index in [4.69, 9.17) is 4.74 Å². The number of hydrogen-bond acceptors (Lipinski definition) is 5. The molecule has 0 bridgehead atoms. The van der Waals surface area contributed by atoms with Crippen molar-refractivity contribution >= 4 is 29.6 Å². The second kappa shape index (κ2) is 13.5. The molecular weight excluding hydrogens is 570 g/mol. The summed E-state index contributed by atoms with van der Waals surface area (Å²) in [5.41, 5.74) is 3.97. The van der Waals surface area contributed by atoms with Crippen molar-refractivity contribution in [2.24, 2.45) is 0 Å². The molecule has 0 unspecified atom stereocenters. The van der Waals surface area contributed by atoms with Crippen molar-refractivity contribution in [1.82, 2.24) is 10.2 Å².